The van der Waals surface area contributed by atoms with Crippen LogP contribution < -0.4 is 10.4 Å². The van der Waals surface area contributed by atoms with Crippen molar-refractivity contribution < 1.29 is 18.0 Å². The highest BCUT2D eigenvalue weighted by molar-refractivity contribution is 6.31. The van der Waals surface area contributed by atoms with Crippen LogP contribution in [-0.4, -0.2) is 36.5 Å². The van der Waals surface area contributed by atoms with Gasteiger partial charge < -0.3 is 4.90 Å². The minimum atomic E-state index is -4.49. The first-order valence-electron chi connectivity index (χ1n) is 6.24. The smallest absolute Gasteiger partial charge is 0.352 e. The van der Waals surface area contributed by atoms with Crippen LogP contribution in [0.2, 0.25) is 0 Å². The van der Waals surface area contributed by atoms with E-state index in [1.54, 1.807) is 23.1 Å². The zero-order chi connectivity index (χ0) is 15.2. The van der Waals surface area contributed by atoms with Gasteiger partial charge in [-0.05, 0) is 12.1 Å². The Morgan fingerprint density at radius 2 is 2.05 bits per heavy atom. The van der Waals surface area contributed by atoms with Crippen molar-refractivity contribution in [3.63, 3.8) is 0 Å². The van der Waals surface area contributed by atoms with Gasteiger partial charge in [0.15, 0.2) is 6.04 Å². The zero-order valence-electron chi connectivity index (χ0n) is 10.7. The van der Waals surface area contributed by atoms with Crippen LogP contribution in [0.4, 0.5) is 18.9 Å². The van der Waals surface area contributed by atoms with Crippen LogP contribution in [0.1, 0.15) is 10.4 Å². The lowest BCUT2D eigenvalue weighted by atomic mass is 10.2. The molecule has 0 bridgehead atoms. The van der Waals surface area contributed by atoms with E-state index in [0.717, 1.165) is 0 Å². The Labute approximate surface area is 123 Å². The van der Waals surface area contributed by atoms with E-state index in [-0.39, 0.29) is 5.03 Å². The number of benzene rings is 1. The minimum Gasteiger partial charge on any atom is -0.352 e. The lowest BCUT2D eigenvalue weighted by Crippen LogP contribution is -2.46. The highest BCUT2D eigenvalue weighted by Crippen LogP contribution is 2.39. The number of carbonyl (C=O) groups is 1. The van der Waals surface area contributed by atoms with Gasteiger partial charge in [-0.25, -0.2) is 5.43 Å². The average molecular weight is 318 g/mol. The van der Waals surface area contributed by atoms with E-state index >= 15 is 0 Å². The number of anilines is 1. The maximum atomic E-state index is 13.0. The molecule has 0 aromatic heterocycles. The molecule has 2 aliphatic rings. The van der Waals surface area contributed by atoms with Crippen LogP contribution in [0.3, 0.4) is 0 Å². The van der Waals surface area contributed by atoms with Crippen molar-refractivity contribution in [3.8, 4) is 0 Å². The number of nitrogens with zero attached hydrogens (tertiary/aromatic N) is 2. The molecule has 112 valence electrons. The average Bonchev–Trinajstić information content (AvgIpc) is 3.20. The second-order valence-electron chi connectivity index (χ2n) is 4.81. The third-order valence-electron chi connectivity index (χ3n) is 3.28. The van der Waals surface area contributed by atoms with Gasteiger partial charge in [0, 0.05) is 18.7 Å². The number of rotatable bonds is 3. The number of hydrogen-bond acceptors (Lipinski definition) is 4. The predicted molar refractivity (Wildman–Crippen MR) is 71.7 cm³/mol. The van der Waals surface area contributed by atoms with Crippen molar-refractivity contribution >= 4 is 23.6 Å². The third-order valence-corrected chi connectivity index (χ3v) is 3.66. The molecule has 0 spiro atoms. The fourth-order valence-electron chi connectivity index (χ4n) is 2.19. The largest absolute Gasteiger partial charge is 0.410 e. The summed E-state index contributed by atoms with van der Waals surface area (Å²) in [5, 5.41) is 1.01. The van der Waals surface area contributed by atoms with Crippen LogP contribution in [0, 0.1) is 0 Å². The lowest BCUT2D eigenvalue weighted by Gasteiger charge is -2.24. The summed E-state index contributed by atoms with van der Waals surface area (Å²) in [7, 11) is 0. The zero-order valence-corrected chi connectivity index (χ0v) is 11.4. The van der Waals surface area contributed by atoms with E-state index in [1.165, 1.54) is 11.1 Å². The van der Waals surface area contributed by atoms with Gasteiger partial charge in [-0.15, -0.1) is 0 Å². The topological polar surface area (TPSA) is 35.4 Å². The SMILES string of the molecule is O=Cc1cccc(N2NC(C(F)(F)F)C(Cl)=C2N2CC2)c1. The van der Waals surface area contributed by atoms with Gasteiger partial charge in [-0.1, -0.05) is 23.7 Å². The van der Waals surface area contributed by atoms with Crippen LogP contribution in [-0.2, 0) is 0 Å². The fraction of sp³-hybridized carbons (Fsp3) is 0.308. The first-order chi connectivity index (χ1) is 9.91. The molecule has 0 aliphatic carbocycles. The first-order valence-corrected chi connectivity index (χ1v) is 6.62. The molecule has 2 aliphatic heterocycles. The Kier molecular flexibility index (Phi) is 3.33. The van der Waals surface area contributed by atoms with Gasteiger partial charge in [-0.2, -0.15) is 13.2 Å². The normalized spacial score (nSPS) is 22.0. The molecule has 1 saturated heterocycles. The molecule has 4 nitrogen and oxygen atoms in total. The standard InChI is InChI=1S/C13H11ClF3N3O/c14-10-11(13(15,16)17)18-20(12(10)19-4-5-19)9-3-1-2-8(6-9)7-21/h1-3,6-7,11,18H,4-5H2. The molecule has 1 fully saturated rings. The lowest BCUT2D eigenvalue weighted by molar-refractivity contribution is -0.143. The van der Waals surface area contributed by atoms with Gasteiger partial charge in [0.1, 0.15) is 12.1 Å². The summed E-state index contributed by atoms with van der Waals surface area (Å²) in [5.41, 5.74) is 3.18. The third kappa shape index (κ3) is 2.58. The maximum absolute atomic E-state index is 13.0. The van der Waals surface area contributed by atoms with Crippen LogP contribution in [0.5, 0.6) is 0 Å². The minimum absolute atomic E-state index is 0.281. The Balaban J connectivity index is 2.00. The molecule has 1 N–H and O–H groups in total. The summed E-state index contributed by atoms with van der Waals surface area (Å²) in [6.45, 7) is 1.31. The molecule has 3 rings (SSSR count). The van der Waals surface area contributed by atoms with E-state index in [2.05, 4.69) is 5.43 Å². The summed E-state index contributed by atoms with van der Waals surface area (Å²) in [4.78, 5) is 12.6. The summed E-state index contributed by atoms with van der Waals surface area (Å²) >= 11 is 5.93. The monoisotopic (exact) mass is 317 g/mol. The van der Waals surface area contributed by atoms with Gasteiger partial charge in [0.2, 0.25) is 0 Å². The Bertz CT molecular complexity index is 613. The molecule has 1 atom stereocenters. The van der Waals surface area contributed by atoms with Gasteiger partial charge in [0.05, 0.1) is 10.7 Å². The predicted octanol–water partition coefficient (Wildman–Crippen LogP) is 2.48. The molecule has 21 heavy (non-hydrogen) atoms. The van der Waals surface area contributed by atoms with E-state index in [1.807, 2.05) is 0 Å². The second-order valence-corrected chi connectivity index (χ2v) is 5.22. The molecular weight excluding hydrogens is 307 g/mol. The van der Waals surface area contributed by atoms with Crippen LogP contribution >= 0.6 is 11.6 Å². The van der Waals surface area contributed by atoms with Crippen molar-refractivity contribution in [2.45, 2.75) is 12.2 Å². The quantitative estimate of drug-likeness (QED) is 0.686. The van der Waals surface area contributed by atoms with Crippen molar-refractivity contribution in [2.75, 3.05) is 18.1 Å². The van der Waals surface area contributed by atoms with Crippen molar-refractivity contribution in [1.29, 1.82) is 0 Å². The molecule has 1 aromatic rings. The molecular formula is C13H11ClF3N3O. The number of halogens is 4. The Morgan fingerprint density at radius 3 is 2.62 bits per heavy atom. The second kappa shape index (κ2) is 4.92. The number of carbonyl (C=O) groups excluding carboxylic acids is 1. The van der Waals surface area contributed by atoms with Crippen molar-refractivity contribution in [3.05, 3.63) is 40.7 Å². The van der Waals surface area contributed by atoms with E-state index < -0.39 is 12.2 Å². The molecule has 0 amide bonds. The van der Waals surface area contributed by atoms with E-state index in [0.29, 0.717) is 36.4 Å². The van der Waals surface area contributed by atoms with Gasteiger partial charge >= 0.3 is 6.18 Å². The summed E-state index contributed by atoms with van der Waals surface area (Å²) in [6.07, 6.45) is -3.85. The molecule has 2 heterocycles. The molecule has 8 heteroatoms. The number of hydrogen-bond donors (Lipinski definition) is 1. The van der Waals surface area contributed by atoms with Crippen molar-refractivity contribution in [2.24, 2.45) is 0 Å². The van der Waals surface area contributed by atoms with Crippen molar-refractivity contribution in [1.82, 2.24) is 10.3 Å². The van der Waals surface area contributed by atoms with Crippen LogP contribution in [0.15, 0.2) is 35.1 Å². The number of alkyl halides is 3. The van der Waals surface area contributed by atoms with Gasteiger partial charge in [-0.3, -0.25) is 9.80 Å². The number of aldehydes is 1. The van der Waals surface area contributed by atoms with E-state index in [9.17, 15) is 18.0 Å². The van der Waals surface area contributed by atoms with E-state index in [4.69, 9.17) is 11.6 Å². The summed E-state index contributed by atoms with van der Waals surface area (Å²) < 4.78 is 39.1. The fourth-order valence-corrected chi connectivity index (χ4v) is 2.56. The van der Waals surface area contributed by atoms with Gasteiger partial charge in [0.25, 0.3) is 0 Å². The Morgan fingerprint density at radius 1 is 1.33 bits per heavy atom. The van der Waals surface area contributed by atoms with Crippen LogP contribution in [0.25, 0.3) is 0 Å². The molecule has 0 saturated carbocycles. The maximum Gasteiger partial charge on any atom is 0.410 e. The highest BCUT2D eigenvalue weighted by atomic mass is 35.5. The molecule has 0 radical (unpaired) electrons. The highest BCUT2D eigenvalue weighted by Gasteiger charge is 2.50. The number of nitrogens with one attached hydrogen (secondary N) is 1. The molecule has 1 aromatic carbocycles. The summed E-state index contributed by atoms with van der Waals surface area (Å²) in [5.74, 6) is 0.294. The molecule has 1 unspecified atom stereocenters. The summed E-state index contributed by atoms with van der Waals surface area (Å²) in [6, 6.07) is 4.37. The Hall–Kier alpha value is -1.73. The first kappa shape index (κ1) is 14.2. The number of hydrazine groups is 1.